The van der Waals surface area contributed by atoms with E-state index in [0.717, 1.165) is 12.7 Å². The van der Waals surface area contributed by atoms with Crippen LogP contribution in [0.5, 0.6) is 0 Å². The van der Waals surface area contributed by atoms with E-state index in [-0.39, 0.29) is 24.9 Å². The molecule has 158 valence electrons. The molecule has 0 amide bonds. The minimum absolute atomic E-state index is 0.0151. The average Bonchev–Trinajstić information content (AvgIpc) is 2.86. The number of allylic oxidation sites excluding steroid dienone is 1. The Morgan fingerprint density at radius 2 is 2.10 bits per heavy atom. The molecule has 0 radical (unpaired) electrons. The molecule has 1 N–H and O–H groups in total. The van der Waals surface area contributed by atoms with Crippen molar-refractivity contribution < 1.29 is 33.8 Å². The quantitative estimate of drug-likeness (QED) is 0.330. The maximum absolute atomic E-state index is 13.2. The first kappa shape index (κ1) is 20.3. The highest BCUT2D eigenvalue weighted by molar-refractivity contribution is 6.15. The van der Waals surface area contributed by atoms with Gasteiger partial charge in [0.05, 0.1) is 19.3 Å². The SMILES string of the molecule is C=C1C(=O)[C@]23C[C@H]1C[C@@H](O)[C@@H]2[C@@]1(CCC[C@@](C)(COC(C)=O)[C@H]1C=O)COC3=O. The van der Waals surface area contributed by atoms with Gasteiger partial charge in [-0.05, 0) is 37.2 Å². The van der Waals surface area contributed by atoms with Crippen molar-refractivity contribution in [2.45, 2.75) is 52.1 Å². The van der Waals surface area contributed by atoms with Crippen LogP contribution in [0.15, 0.2) is 12.2 Å². The van der Waals surface area contributed by atoms with Crippen molar-refractivity contribution >= 4 is 24.0 Å². The normalized spacial score (nSPS) is 46.2. The van der Waals surface area contributed by atoms with E-state index in [9.17, 15) is 24.3 Å². The lowest BCUT2D eigenvalue weighted by Crippen LogP contribution is -2.67. The number of carbonyl (C=O) groups excluding carboxylic acids is 4. The molecule has 7 heteroatoms. The van der Waals surface area contributed by atoms with E-state index in [2.05, 4.69) is 6.58 Å². The lowest BCUT2D eigenvalue weighted by molar-refractivity contribution is -0.229. The van der Waals surface area contributed by atoms with Gasteiger partial charge in [0.2, 0.25) is 0 Å². The van der Waals surface area contributed by atoms with Gasteiger partial charge in [-0.2, -0.15) is 0 Å². The van der Waals surface area contributed by atoms with Crippen LogP contribution in [0.3, 0.4) is 0 Å². The second-order valence-electron chi connectivity index (χ2n) is 9.72. The Bertz CT molecular complexity index is 803. The third-order valence-corrected chi connectivity index (χ3v) is 8.16. The number of esters is 2. The van der Waals surface area contributed by atoms with Crippen molar-refractivity contribution in [3.63, 3.8) is 0 Å². The van der Waals surface area contributed by atoms with Crippen molar-refractivity contribution in [2.24, 2.45) is 34.0 Å². The van der Waals surface area contributed by atoms with Crippen LogP contribution >= 0.6 is 0 Å². The van der Waals surface area contributed by atoms with Crippen molar-refractivity contribution in [1.29, 1.82) is 0 Å². The van der Waals surface area contributed by atoms with Gasteiger partial charge >= 0.3 is 11.9 Å². The molecular formula is C22H28O7. The molecule has 1 heterocycles. The molecule has 0 aromatic heterocycles. The highest BCUT2D eigenvalue weighted by Gasteiger charge is 2.74. The van der Waals surface area contributed by atoms with Crippen LogP contribution in [0.1, 0.15) is 46.0 Å². The molecular weight excluding hydrogens is 376 g/mol. The summed E-state index contributed by atoms with van der Waals surface area (Å²) in [6, 6.07) is 0. The Morgan fingerprint density at radius 1 is 1.38 bits per heavy atom. The minimum Gasteiger partial charge on any atom is -0.465 e. The van der Waals surface area contributed by atoms with E-state index in [1.54, 1.807) is 0 Å². The summed E-state index contributed by atoms with van der Waals surface area (Å²) in [6.45, 7) is 7.16. The monoisotopic (exact) mass is 404 g/mol. The predicted octanol–water partition coefficient (Wildman–Crippen LogP) is 1.61. The van der Waals surface area contributed by atoms with Gasteiger partial charge in [-0.15, -0.1) is 0 Å². The molecule has 0 aromatic carbocycles. The predicted molar refractivity (Wildman–Crippen MR) is 100 cm³/mol. The Morgan fingerprint density at radius 3 is 2.76 bits per heavy atom. The number of aliphatic hydroxyl groups excluding tert-OH is 1. The molecule has 2 spiro atoms. The van der Waals surface area contributed by atoms with Crippen LogP contribution in [0.25, 0.3) is 0 Å². The van der Waals surface area contributed by atoms with Gasteiger partial charge < -0.3 is 19.4 Å². The fourth-order valence-corrected chi connectivity index (χ4v) is 6.99. The molecule has 7 nitrogen and oxygen atoms in total. The molecule has 4 aliphatic rings. The van der Waals surface area contributed by atoms with Crippen LogP contribution in [-0.4, -0.2) is 48.4 Å². The fourth-order valence-electron chi connectivity index (χ4n) is 6.99. The summed E-state index contributed by atoms with van der Waals surface area (Å²) in [6.07, 6.45) is 2.55. The molecule has 3 aliphatic carbocycles. The first-order valence-corrected chi connectivity index (χ1v) is 10.3. The number of cyclic esters (lactones) is 1. The summed E-state index contributed by atoms with van der Waals surface area (Å²) < 4.78 is 10.9. The molecule has 4 rings (SSSR count). The van der Waals surface area contributed by atoms with Crippen LogP contribution in [0, 0.1) is 34.0 Å². The van der Waals surface area contributed by atoms with Crippen molar-refractivity contribution in [3.05, 3.63) is 12.2 Å². The number of ketones is 1. The zero-order valence-corrected chi connectivity index (χ0v) is 16.9. The standard InChI is InChI=1S/C22H28O7/c1-12-14-7-15(25)17-21(11-29-19(27)22(17,8-14)18(12)26)6-4-5-20(3,16(21)9-23)10-28-13(2)24/h9,14-17,25H,1,4-8,10-11H2,2-3H3/t14-,15-,16-,17-,20+,21+,22+/m1/s1. The Balaban J connectivity index is 1.83. The molecule has 29 heavy (non-hydrogen) atoms. The van der Waals surface area contributed by atoms with E-state index < -0.39 is 46.1 Å². The number of aliphatic hydroxyl groups is 1. The third kappa shape index (κ3) is 2.52. The van der Waals surface area contributed by atoms with Crippen molar-refractivity contribution in [1.82, 2.24) is 0 Å². The van der Waals surface area contributed by atoms with Crippen LogP contribution in [-0.2, 0) is 28.7 Å². The number of ether oxygens (including phenoxy) is 2. The molecule has 1 saturated heterocycles. The molecule has 4 fully saturated rings. The van der Waals surface area contributed by atoms with Gasteiger partial charge in [-0.3, -0.25) is 14.4 Å². The number of hydrogen-bond acceptors (Lipinski definition) is 7. The van der Waals surface area contributed by atoms with Crippen LogP contribution in [0.2, 0.25) is 0 Å². The highest BCUT2D eigenvalue weighted by Crippen LogP contribution is 2.67. The molecule has 3 saturated carbocycles. The topological polar surface area (TPSA) is 107 Å². The minimum atomic E-state index is -1.46. The summed E-state index contributed by atoms with van der Waals surface area (Å²) in [5.74, 6) is -2.92. The maximum Gasteiger partial charge on any atom is 0.320 e. The number of hydrogen-bond donors (Lipinski definition) is 1. The van der Waals surface area contributed by atoms with Gasteiger partial charge in [0.1, 0.15) is 11.7 Å². The van der Waals surface area contributed by atoms with Crippen LogP contribution in [0.4, 0.5) is 0 Å². The van der Waals surface area contributed by atoms with E-state index in [4.69, 9.17) is 9.47 Å². The summed E-state index contributed by atoms with van der Waals surface area (Å²) >= 11 is 0. The number of rotatable bonds is 3. The lowest BCUT2D eigenvalue weighted by atomic mass is 9.44. The highest BCUT2D eigenvalue weighted by atomic mass is 16.5. The van der Waals surface area contributed by atoms with Crippen molar-refractivity contribution in [3.8, 4) is 0 Å². The van der Waals surface area contributed by atoms with Gasteiger partial charge in [-0.25, -0.2) is 0 Å². The summed E-state index contributed by atoms with van der Waals surface area (Å²) in [4.78, 5) is 50.0. The third-order valence-electron chi connectivity index (χ3n) is 8.16. The average molecular weight is 404 g/mol. The smallest absolute Gasteiger partial charge is 0.320 e. The van der Waals surface area contributed by atoms with E-state index in [1.165, 1.54) is 6.92 Å². The van der Waals surface area contributed by atoms with E-state index in [0.29, 0.717) is 31.3 Å². The van der Waals surface area contributed by atoms with Crippen molar-refractivity contribution in [2.75, 3.05) is 13.2 Å². The van der Waals surface area contributed by atoms with Gasteiger partial charge in [0, 0.05) is 29.6 Å². The number of fused-ring (bicyclic) bond motifs is 2. The number of aldehydes is 1. The Kier molecular flexibility index (Phi) is 4.53. The molecule has 2 bridgehead atoms. The maximum atomic E-state index is 13.2. The van der Waals surface area contributed by atoms with Crippen LogP contribution < -0.4 is 0 Å². The Hall–Kier alpha value is -2.02. The van der Waals surface area contributed by atoms with E-state index >= 15 is 0 Å². The zero-order chi connectivity index (χ0) is 21.2. The summed E-state index contributed by atoms with van der Waals surface area (Å²) in [5, 5.41) is 11.2. The molecule has 0 unspecified atom stereocenters. The number of carbonyl (C=O) groups is 4. The molecule has 7 atom stereocenters. The largest absolute Gasteiger partial charge is 0.465 e. The van der Waals surface area contributed by atoms with Gasteiger partial charge in [-0.1, -0.05) is 19.9 Å². The second-order valence-corrected chi connectivity index (χ2v) is 9.72. The first-order chi connectivity index (χ1) is 13.6. The first-order valence-electron chi connectivity index (χ1n) is 10.3. The summed E-state index contributed by atoms with van der Waals surface area (Å²) in [5.41, 5.74) is -2.61. The molecule has 0 aromatic rings. The van der Waals surface area contributed by atoms with E-state index in [1.807, 2.05) is 6.92 Å². The lowest BCUT2D eigenvalue weighted by Gasteiger charge is -2.61. The fraction of sp³-hybridized carbons (Fsp3) is 0.727. The number of Topliss-reactive ketones (excluding diaryl/α,β-unsaturated/α-hetero) is 1. The zero-order valence-electron chi connectivity index (χ0n) is 16.9. The second kappa shape index (κ2) is 6.49. The Labute approximate surface area is 169 Å². The van der Waals surface area contributed by atoms with Gasteiger partial charge in [0.15, 0.2) is 5.78 Å². The summed E-state index contributed by atoms with van der Waals surface area (Å²) in [7, 11) is 0. The van der Waals surface area contributed by atoms with Gasteiger partial charge in [0.25, 0.3) is 0 Å². The molecule has 1 aliphatic heterocycles.